The molecule has 0 N–H and O–H groups in total. The SMILES string of the molecule is CCc1nnc(Cn2cnc3cc(C)c(C)cc32)o1. The summed E-state index contributed by atoms with van der Waals surface area (Å²) in [4.78, 5) is 4.42. The van der Waals surface area contributed by atoms with Gasteiger partial charge in [-0.15, -0.1) is 10.2 Å². The van der Waals surface area contributed by atoms with Crippen molar-refractivity contribution in [2.75, 3.05) is 0 Å². The average Bonchev–Trinajstić information content (AvgIpc) is 2.99. The molecule has 0 aliphatic carbocycles. The van der Waals surface area contributed by atoms with E-state index in [-0.39, 0.29) is 0 Å². The van der Waals surface area contributed by atoms with Crippen LogP contribution in [0.25, 0.3) is 11.0 Å². The third-order valence-corrected chi connectivity index (χ3v) is 3.35. The molecular formula is C14H16N4O. The quantitative estimate of drug-likeness (QED) is 0.723. The summed E-state index contributed by atoms with van der Waals surface area (Å²) in [6, 6.07) is 4.25. The van der Waals surface area contributed by atoms with Crippen molar-refractivity contribution in [1.29, 1.82) is 0 Å². The van der Waals surface area contributed by atoms with Crippen LogP contribution in [0.1, 0.15) is 29.8 Å². The lowest BCUT2D eigenvalue weighted by Gasteiger charge is -2.03. The second kappa shape index (κ2) is 4.50. The number of aryl methyl sites for hydroxylation is 3. The van der Waals surface area contributed by atoms with Gasteiger partial charge in [0.1, 0.15) is 6.54 Å². The largest absolute Gasteiger partial charge is 0.423 e. The standard InChI is InChI=1S/C14H16N4O/c1-4-13-16-17-14(19-13)7-18-8-15-11-5-9(2)10(3)6-12(11)18/h5-6,8H,4,7H2,1-3H3. The number of imidazole rings is 1. The number of aromatic nitrogens is 4. The summed E-state index contributed by atoms with van der Waals surface area (Å²) in [5, 5.41) is 8.02. The molecule has 0 aliphatic rings. The van der Waals surface area contributed by atoms with Crippen LogP contribution in [0.3, 0.4) is 0 Å². The maximum absolute atomic E-state index is 5.54. The molecule has 0 radical (unpaired) electrons. The molecular weight excluding hydrogens is 240 g/mol. The van der Waals surface area contributed by atoms with Gasteiger partial charge in [-0.05, 0) is 37.1 Å². The van der Waals surface area contributed by atoms with Crippen molar-refractivity contribution in [1.82, 2.24) is 19.7 Å². The zero-order valence-electron chi connectivity index (χ0n) is 11.3. The number of fused-ring (bicyclic) bond motifs is 1. The number of hydrogen-bond acceptors (Lipinski definition) is 4. The maximum Gasteiger partial charge on any atom is 0.236 e. The van der Waals surface area contributed by atoms with Gasteiger partial charge in [0.25, 0.3) is 0 Å². The smallest absolute Gasteiger partial charge is 0.236 e. The Bertz CT molecular complexity index is 726. The summed E-state index contributed by atoms with van der Waals surface area (Å²) in [5.74, 6) is 1.29. The van der Waals surface area contributed by atoms with E-state index in [1.54, 1.807) is 0 Å². The van der Waals surface area contributed by atoms with Crippen molar-refractivity contribution in [3.63, 3.8) is 0 Å². The molecule has 5 heteroatoms. The van der Waals surface area contributed by atoms with Gasteiger partial charge in [-0.1, -0.05) is 6.92 Å². The van der Waals surface area contributed by atoms with Gasteiger partial charge in [-0.2, -0.15) is 0 Å². The normalized spacial score (nSPS) is 11.3. The third-order valence-electron chi connectivity index (χ3n) is 3.35. The minimum absolute atomic E-state index is 0.562. The Hall–Kier alpha value is -2.17. The molecule has 0 spiro atoms. The molecule has 1 aromatic carbocycles. The highest BCUT2D eigenvalue weighted by molar-refractivity contribution is 5.77. The highest BCUT2D eigenvalue weighted by atomic mass is 16.4. The summed E-state index contributed by atoms with van der Waals surface area (Å²) >= 11 is 0. The van der Waals surface area contributed by atoms with Gasteiger partial charge in [0, 0.05) is 6.42 Å². The van der Waals surface area contributed by atoms with Crippen LogP contribution in [-0.2, 0) is 13.0 Å². The molecule has 2 aromatic heterocycles. The van der Waals surface area contributed by atoms with Crippen molar-refractivity contribution in [2.24, 2.45) is 0 Å². The molecule has 5 nitrogen and oxygen atoms in total. The van der Waals surface area contributed by atoms with Crippen LogP contribution in [0.4, 0.5) is 0 Å². The van der Waals surface area contributed by atoms with Crippen molar-refractivity contribution >= 4 is 11.0 Å². The summed E-state index contributed by atoms with van der Waals surface area (Å²) in [7, 11) is 0. The molecule has 3 aromatic rings. The van der Waals surface area contributed by atoms with Crippen molar-refractivity contribution in [3.8, 4) is 0 Å². The first-order chi connectivity index (χ1) is 9.17. The van der Waals surface area contributed by atoms with Crippen LogP contribution < -0.4 is 0 Å². The van der Waals surface area contributed by atoms with E-state index in [1.165, 1.54) is 11.1 Å². The molecule has 19 heavy (non-hydrogen) atoms. The van der Waals surface area contributed by atoms with Crippen molar-refractivity contribution in [2.45, 2.75) is 33.7 Å². The second-order valence-electron chi connectivity index (χ2n) is 4.74. The fourth-order valence-electron chi connectivity index (χ4n) is 2.08. The highest BCUT2D eigenvalue weighted by Crippen LogP contribution is 2.19. The number of benzene rings is 1. The predicted molar refractivity (Wildman–Crippen MR) is 72.0 cm³/mol. The molecule has 0 aliphatic heterocycles. The van der Waals surface area contributed by atoms with Crippen LogP contribution in [0.15, 0.2) is 22.9 Å². The number of rotatable bonds is 3. The minimum atomic E-state index is 0.562. The number of nitrogens with zero attached hydrogens (tertiary/aromatic N) is 4. The molecule has 2 heterocycles. The third kappa shape index (κ3) is 2.12. The maximum atomic E-state index is 5.54. The Morgan fingerprint density at radius 1 is 1.11 bits per heavy atom. The highest BCUT2D eigenvalue weighted by Gasteiger charge is 2.09. The Morgan fingerprint density at radius 2 is 1.84 bits per heavy atom. The summed E-state index contributed by atoms with van der Waals surface area (Å²) in [6.07, 6.45) is 2.58. The van der Waals surface area contributed by atoms with Crippen LogP contribution >= 0.6 is 0 Å². The van der Waals surface area contributed by atoms with Gasteiger partial charge in [-0.25, -0.2) is 4.98 Å². The molecule has 0 saturated heterocycles. The van der Waals surface area contributed by atoms with E-state index in [0.29, 0.717) is 18.3 Å². The van der Waals surface area contributed by atoms with E-state index in [1.807, 2.05) is 17.8 Å². The Labute approximate surface area is 111 Å². The Balaban J connectivity index is 1.98. The van der Waals surface area contributed by atoms with Gasteiger partial charge >= 0.3 is 0 Å². The van der Waals surface area contributed by atoms with E-state index >= 15 is 0 Å². The Morgan fingerprint density at radius 3 is 2.58 bits per heavy atom. The monoisotopic (exact) mass is 256 g/mol. The van der Waals surface area contributed by atoms with E-state index in [4.69, 9.17) is 4.42 Å². The molecule has 0 atom stereocenters. The zero-order chi connectivity index (χ0) is 13.4. The lowest BCUT2D eigenvalue weighted by Crippen LogP contribution is -1.98. The van der Waals surface area contributed by atoms with Crippen molar-refractivity contribution in [3.05, 3.63) is 41.4 Å². The van der Waals surface area contributed by atoms with Gasteiger partial charge in [0.15, 0.2) is 0 Å². The molecule has 0 unspecified atom stereocenters. The first kappa shape index (κ1) is 11.9. The van der Waals surface area contributed by atoms with E-state index in [0.717, 1.165) is 17.5 Å². The zero-order valence-corrected chi connectivity index (χ0v) is 11.3. The second-order valence-corrected chi connectivity index (χ2v) is 4.74. The predicted octanol–water partition coefficient (Wildman–Crippen LogP) is 2.65. The molecule has 3 rings (SSSR count). The van der Waals surface area contributed by atoms with Crippen LogP contribution in [0, 0.1) is 13.8 Å². The molecule has 0 amide bonds. The molecule has 98 valence electrons. The molecule has 0 saturated carbocycles. The molecule has 0 fully saturated rings. The van der Waals surface area contributed by atoms with Gasteiger partial charge in [0.2, 0.25) is 11.8 Å². The van der Waals surface area contributed by atoms with Crippen LogP contribution in [0.5, 0.6) is 0 Å². The summed E-state index contributed by atoms with van der Waals surface area (Å²) in [6.45, 7) is 6.76. The fraction of sp³-hybridized carbons (Fsp3) is 0.357. The average molecular weight is 256 g/mol. The van der Waals surface area contributed by atoms with E-state index in [9.17, 15) is 0 Å². The van der Waals surface area contributed by atoms with Crippen LogP contribution in [0.2, 0.25) is 0 Å². The lowest BCUT2D eigenvalue weighted by molar-refractivity contribution is 0.444. The lowest BCUT2D eigenvalue weighted by atomic mass is 10.1. The van der Waals surface area contributed by atoms with Gasteiger partial charge in [0.05, 0.1) is 17.4 Å². The number of hydrogen-bond donors (Lipinski definition) is 0. The minimum Gasteiger partial charge on any atom is -0.423 e. The van der Waals surface area contributed by atoms with Gasteiger partial charge < -0.3 is 8.98 Å². The topological polar surface area (TPSA) is 56.7 Å². The fourth-order valence-corrected chi connectivity index (χ4v) is 2.08. The van der Waals surface area contributed by atoms with E-state index < -0.39 is 0 Å². The first-order valence-electron chi connectivity index (χ1n) is 6.40. The Kier molecular flexibility index (Phi) is 2.81. The molecule has 0 bridgehead atoms. The van der Waals surface area contributed by atoms with Crippen LogP contribution in [-0.4, -0.2) is 19.7 Å². The van der Waals surface area contributed by atoms with E-state index in [2.05, 4.69) is 41.2 Å². The van der Waals surface area contributed by atoms with Crippen molar-refractivity contribution < 1.29 is 4.42 Å². The first-order valence-corrected chi connectivity index (χ1v) is 6.40. The van der Waals surface area contributed by atoms with Gasteiger partial charge in [-0.3, -0.25) is 0 Å². The summed E-state index contributed by atoms with van der Waals surface area (Å²) in [5.41, 5.74) is 4.61. The summed E-state index contributed by atoms with van der Waals surface area (Å²) < 4.78 is 7.57.